The molecule has 0 spiro atoms. The molecule has 2 unspecified atom stereocenters. The second-order valence-corrected chi connectivity index (χ2v) is 5.96. The molecule has 1 saturated carbocycles. The van der Waals surface area contributed by atoms with Crippen LogP contribution in [0.2, 0.25) is 0 Å². The Morgan fingerprint density at radius 3 is 2.88 bits per heavy atom. The molecule has 0 bridgehead atoms. The lowest BCUT2D eigenvalue weighted by atomic mass is 9.71. The number of ether oxygens (including phenoxy) is 1. The minimum atomic E-state index is 0.207. The zero-order valence-corrected chi connectivity index (χ0v) is 10.9. The summed E-state index contributed by atoms with van der Waals surface area (Å²) in [6, 6.07) is 0. The number of nitrogens with zero attached hydrogens (tertiary/aromatic N) is 1. The van der Waals surface area contributed by atoms with Crippen molar-refractivity contribution in [2.45, 2.75) is 52.7 Å². The van der Waals surface area contributed by atoms with Crippen LogP contribution in [0.3, 0.4) is 0 Å². The van der Waals surface area contributed by atoms with Crippen molar-refractivity contribution in [3.63, 3.8) is 0 Å². The minimum Gasteiger partial charge on any atom is -0.447 e. The lowest BCUT2D eigenvalue weighted by molar-refractivity contribution is 0.0365. The van der Waals surface area contributed by atoms with Crippen LogP contribution in [0.1, 0.15) is 45.7 Å². The van der Waals surface area contributed by atoms with Crippen molar-refractivity contribution in [3.05, 3.63) is 12.0 Å². The van der Waals surface area contributed by atoms with E-state index in [1.165, 1.54) is 6.42 Å². The maximum absolute atomic E-state index is 5.81. The first kappa shape index (κ1) is 12.4. The quantitative estimate of drug-likeness (QED) is 0.879. The molecule has 17 heavy (non-hydrogen) atoms. The Hall–Kier alpha value is -1.03. The van der Waals surface area contributed by atoms with E-state index in [2.05, 4.69) is 25.8 Å². The highest BCUT2D eigenvalue weighted by atomic mass is 16.6. The van der Waals surface area contributed by atoms with E-state index in [1.807, 2.05) is 0 Å². The summed E-state index contributed by atoms with van der Waals surface area (Å²) in [6.45, 7) is 7.25. The number of rotatable bonds is 3. The Balaban J connectivity index is 1.98. The zero-order chi connectivity index (χ0) is 12.5. The minimum absolute atomic E-state index is 0.207. The van der Waals surface area contributed by atoms with Crippen molar-refractivity contribution in [3.8, 4) is 6.08 Å². The van der Waals surface area contributed by atoms with Crippen LogP contribution < -0.4 is 10.5 Å². The van der Waals surface area contributed by atoms with Gasteiger partial charge in [0.05, 0.1) is 5.69 Å². The van der Waals surface area contributed by atoms with Gasteiger partial charge >= 0.3 is 6.08 Å². The fraction of sp³-hybridized carbons (Fsp3) is 0.769. The smallest absolute Gasteiger partial charge is 0.394 e. The molecule has 0 aromatic carbocycles. The van der Waals surface area contributed by atoms with Crippen LogP contribution in [0.15, 0.2) is 10.7 Å². The molecule has 1 aliphatic rings. The highest BCUT2D eigenvalue weighted by Gasteiger charge is 2.33. The average Bonchev–Trinajstić information content (AvgIpc) is 2.62. The van der Waals surface area contributed by atoms with Gasteiger partial charge in [-0.05, 0) is 30.6 Å². The van der Waals surface area contributed by atoms with Crippen LogP contribution in [-0.2, 0) is 6.54 Å². The molecule has 1 aliphatic carbocycles. The molecule has 1 fully saturated rings. The van der Waals surface area contributed by atoms with Gasteiger partial charge in [0, 0.05) is 6.54 Å². The monoisotopic (exact) mass is 238 g/mol. The second kappa shape index (κ2) is 4.69. The third-order valence-electron chi connectivity index (χ3n) is 3.35. The summed E-state index contributed by atoms with van der Waals surface area (Å²) in [5.74, 6) is 0.688. The lowest BCUT2D eigenvalue weighted by Crippen LogP contribution is -2.34. The maximum atomic E-state index is 5.81. The van der Waals surface area contributed by atoms with Gasteiger partial charge in [0.15, 0.2) is 0 Å². The van der Waals surface area contributed by atoms with Gasteiger partial charge in [-0.3, -0.25) is 0 Å². The molecular formula is C13H22N2O2. The van der Waals surface area contributed by atoms with Crippen molar-refractivity contribution in [1.29, 1.82) is 0 Å². The summed E-state index contributed by atoms with van der Waals surface area (Å²) >= 11 is 0. The van der Waals surface area contributed by atoms with Crippen molar-refractivity contribution in [2.24, 2.45) is 17.1 Å². The molecule has 1 aromatic rings. The SMILES string of the molecule is CC1CC(Oc2nc(CN)co2)CC(C)(C)C1. The molecule has 0 aliphatic heterocycles. The highest BCUT2D eigenvalue weighted by Crippen LogP contribution is 2.39. The van der Waals surface area contributed by atoms with Crippen LogP contribution in [0, 0.1) is 11.3 Å². The van der Waals surface area contributed by atoms with Gasteiger partial charge in [-0.25, -0.2) is 0 Å². The number of nitrogens with two attached hydrogens (primary N) is 1. The van der Waals surface area contributed by atoms with Crippen molar-refractivity contribution in [2.75, 3.05) is 0 Å². The van der Waals surface area contributed by atoms with Gasteiger partial charge in [0.25, 0.3) is 0 Å². The maximum Gasteiger partial charge on any atom is 0.394 e. The van der Waals surface area contributed by atoms with E-state index in [1.54, 1.807) is 6.26 Å². The fourth-order valence-corrected chi connectivity index (χ4v) is 2.93. The van der Waals surface area contributed by atoms with Crippen molar-refractivity contribution >= 4 is 0 Å². The number of hydrogen-bond acceptors (Lipinski definition) is 4. The molecule has 2 N–H and O–H groups in total. The average molecular weight is 238 g/mol. The summed E-state index contributed by atoms with van der Waals surface area (Å²) in [6.07, 6.45) is 5.51. The van der Waals surface area contributed by atoms with E-state index in [4.69, 9.17) is 14.9 Å². The van der Waals surface area contributed by atoms with E-state index < -0.39 is 0 Å². The van der Waals surface area contributed by atoms with E-state index in [9.17, 15) is 0 Å². The second-order valence-electron chi connectivity index (χ2n) is 5.96. The van der Waals surface area contributed by atoms with Crippen LogP contribution in [0.25, 0.3) is 0 Å². The zero-order valence-electron chi connectivity index (χ0n) is 10.9. The Morgan fingerprint density at radius 1 is 1.53 bits per heavy atom. The van der Waals surface area contributed by atoms with Crippen molar-refractivity contribution in [1.82, 2.24) is 4.98 Å². The Bertz CT molecular complexity index is 373. The summed E-state index contributed by atoms with van der Waals surface area (Å²) in [5.41, 5.74) is 6.56. The van der Waals surface area contributed by atoms with Gasteiger partial charge < -0.3 is 14.9 Å². The first-order chi connectivity index (χ1) is 7.98. The number of aromatic nitrogens is 1. The number of oxazole rings is 1. The topological polar surface area (TPSA) is 61.3 Å². The molecule has 1 aromatic heterocycles. The third kappa shape index (κ3) is 3.22. The van der Waals surface area contributed by atoms with Gasteiger partial charge in [0.1, 0.15) is 12.4 Å². The molecule has 0 amide bonds. The molecule has 4 nitrogen and oxygen atoms in total. The Kier molecular flexibility index (Phi) is 3.43. The first-order valence-corrected chi connectivity index (χ1v) is 6.29. The van der Waals surface area contributed by atoms with Crippen LogP contribution in [0.4, 0.5) is 0 Å². The van der Waals surface area contributed by atoms with Gasteiger partial charge in [-0.2, -0.15) is 4.98 Å². The summed E-state index contributed by atoms with van der Waals surface area (Å²) in [5, 5.41) is 0. The molecule has 0 saturated heterocycles. The molecule has 2 rings (SSSR count). The lowest BCUT2D eigenvalue weighted by Gasteiger charge is -2.38. The summed E-state index contributed by atoms with van der Waals surface area (Å²) < 4.78 is 11.1. The van der Waals surface area contributed by atoms with Gasteiger partial charge in [0.2, 0.25) is 0 Å². The molecule has 1 heterocycles. The van der Waals surface area contributed by atoms with E-state index in [0.29, 0.717) is 24.0 Å². The molecule has 0 radical (unpaired) electrons. The highest BCUT2D eigenvalue weighted by molar-refractivity contribution is 5.00. The van der Waals surface area contributed by atoms with Gasteiger partial charge in [-0.1, -0.05) is 20.8 Å². The standard InChI is InChI=1S/C13H22N2O2/c1-9-4-11(6-13(2,3)5-9)17-12-15-10(7-14)8-16-12/h8-9,11H,4-7,14H2,1-3H3. The summed E-state index contributed by atoms with van der Waals surface area (Å²) in [4.78, 5) is 4.18. The summed E-state index contributed by atoms with van der Waals surface area (Å²) in [7, 11) is 0. The van der Waals surface area contributed by atoms with Crippen LogP contribution in [0.5, 0.6) is 6.08 Å². The number of hydrogen-bond donors (Lipinski definition) is 1. The molecule has 4 heteroatoms. The fourth-order valence-electron chi connectivity index (χ4n) is 2.93. The van der Waals surface area contributed by atoms with Crippen LogP contribution in [-0.4, -0.2) is 11.1 Å². The molecule has 96 valence electrons. The van der Waals surface area contributed by atoms with E-state index in [0.717, 1.165) is 18.5 Å². The normalized spacial score (nSPS) is 28.0. The Labute approximate surface area is 103 Å². The van der Waals surface area contributed by atoms with Crippen molar-refractivity contribution < 1.29 is 9.15 Å². The largest absolute Gasteiger partial charge is 0.447 e. The molecule has 2 atom stereocenters. The Morgan fingerprint density at radius 2 is 2.29 bits per heavy atom. The van der Waals surface area contributed by atoms with E-state index in [-0.39, 0.29) is 6.10 Å². The predicted molar refractivity (Wildman–Crippen MR) is 65.6 cm³/mol. The third-order valence-corrected chi connectivity index (χ3v) is 3.35. The van der Waals surface area contributed by atoms with E-state index >= 15 is 0 Å². The predicted octanol–water partition coefficient (Wildman–Crippen LogP) is 2.73. The first-order valence-electron chi connectivity index (χ1n) is 6.29. The molecular weight excluding hydrogens is 216 g/mol. The van der Waals surface area contributed by atoms with Crippen LogP contribution >= 0.6 is 0 Å². The van der Waals surface area contributed by atoms with Gasteiger partial charge in [-0.15, -0.1) is 0 Å².